The maximum absolute atomic E-state index is 12.5. The van der Waals surface area contributed by atoms with Gasteiger partial charge in [-0.2, -0.15) is 0 Å². The molecule has 3 aromatic rings. The molecule has 0 spiro atoms. The van der Waals surface area contributed by atoms with E-state index in [4.69, 9.17) is 13.9 Å². The number of ether oxygens (including phenoxy) is 2. The van der Waals surface area contributed by atoms with E-state index in [2.05, 4.69) is 15.5 Å². The number of nitrogens with one attached hydrogen (secondary N) is 1. The predicted octanol–water partition coefficient (Wildman–Crippen LogP) is 3.70. The molecule has 0 bridgehead atoms. The lowest BCUT2D eigenvalue weighted by Gasteiger charge is -2.15. The Kier molecular flexibility index (Phi) is 6.93. The van der Waals surface area contributed by atoms with Crippen molar-refractivity contribution < 1.29 is 18.7 Å². The number of nitrogens with zero attached hydrogens (tertiary/aromatic N) is 3. The molecule has 164 valence electrons. The van der Waals surface area contributed by atoms with Crippen molar-refractivity contribution in [1.82, 2.24) is 20.1 Å². The number of aromatic nitrogens is 3. The van der Waals surface area contributed by atoms with Gasteiger partial charge in [-0.25, -0.2) is 0 Å². The Hall–Kier alpha value is -2.78. The van der Waals surface area contributed by atoms with E-state index in [-0.39, 0.29) is 23.8 Å². The van der Waals surface area contributed by atoms with Crippen LogP contribution in [0.3, 0.4) is 0 Å². The van der Waals surface area contributed by atoms with Crippen molar-refractivity contribution in [3.8, 4) is 17.1 Å². The fourth-order valence-corrected chi connectivity index (χ4v) is 4.29. The van der Waals surface area contributed by atoms with Crippen LogP contribution in [0.1, 0.15) is 31.6 Å². The average molecular weight is 443 g/mol. The monoisotopic (exact) mass is 442 g/mol. The molecule has 1 aliphatic rings. The summed E-state index contributed by atoms with van der Waals surface area (Å²) in [5.41, 5.74) is 0.939. The van der Waals surface area contributed by atoms with Crippen LogP contribution in [0.15, 0.2) is 52.2 Å². The van der Waals surface area contributed by atoms with Crippen LogP contribution in [-0.2, 0) is 16.1 Å². The highest BCUT2D eigenvalue weighted by atomic mass is 32.2. The fourth-order valence-electron chi connectivity index (χ4n) is 3.53. The first-order chi connectivity index (χ1) is 15.1. The van der Waals surface area contributed by atoms with E-state index in [1.54, 1.807) is 19.4 Å². The Morgan fingerprint density at radius 3 is 2.84 bits per heavy atom. The van der Waals surface area contributed by atoms with Gasteiger partial charge < -0.3 is 19.2 Å². The summed E-state index contributed by atoms with van der Waals surface area (Å²) in [5, 5.41) is 12.4. The van der Waals surface area contributed by atoms with E-state index < -0.39 is 0 Å². The minimum atomic E-state index is -0.192. The normalized spacial score (nSPS) is 16.9. The number of benzene rings is 1. The maximum atomic E-state index is 12.5. The van der Waals surface area contributed by atoms with Crippen LogP contribution in [0.2, 0.25) is 0 Å². The lowest BCUT2D eigenvalue weighted by Crippen LogP contribution is -2.28. The van der Waals surface area contributed by atoms with Crippen molar-refractivity contribution in [2.45, 2.75) is 43.6 Å². The van der Waals surface area contributed by atoms with Crippen molar-refractivity contribution in [3.63, 3.8) is 0 Å². The van der Waals surface area contributed by atoms with Gasteiger partial charge >= 0.3 is 0 Å². The van der Waals surface area contributed by atoms with Crippen LogP contribution in [-0.4, -0.2) is 46.2 Å². The third-order valence-electron chi connectivity index (χ3n) is 5.16. The molecule has 1 fully saturated rings. The molecule has 1 saturated heterocycles. The number of hydrogen-bond acceptors (Lipinski definition) is 7. The summed E-state index contributed by atoms with van der Waals surface area (Å²) in [6, 6.07) is 11.2. The van der Waals surface area contributed by atoms with Gasteiger partial charge in [0.1, 0.15) is 11.5 Å². The molecule has 1 aliphatic heterocycles. The van der Waals surface area contributed by atoms with E-state index in [1.807, 2.05) is 41.8 Å². The molecule has 1 N–H and O–H groups in total. The van der Waals surface area contributed by atoms with Gasteiger partial charge in [-0.05, 0) is 56.2 Å². The first-order valence-electron chi connectivity index (χ1n) is 10.3. The summed E-state index contributed by atoms with van der Waals surface area (Å²) < 4.78 is 18.5. The quantitative estimate of drug-likeness (QED) is 0.505. The highest BCUT2D eigenvalue weighted by Crippen LogP contribution is 2.28. The molecular formula is C22H26N4O4S. The number of hydrogen-bond donors (Lipinski definition) is 1. The summed E-state index contributed by atoms with van der Waals surface area (Å²) in [5.74, 6) is 2.40. The zero-order valence-electron chi connectivity index (χ0n) is 17.6. The molecule has 1 aromatic carbocycles. The van der Waals surface area contributed by atoms with E-state index in [0.29, 0.717) is 11.7 Å². The van der Waals surface area contributed by atoms with Crippen LogP contribution in [0, 0.1) is 0 Å². The fraction of sp³-hybridized carbons (Fsp3) is 0.409. The summed E-state index contributed by atoms with van der Waals surface area (Å²) in [6.45, 7) is 3.32. The van der Waals surface area contributed by atoms with Gasteiger partial charge in [-0.1, -0.05) is 11.8 Å². The minimum absolute atomic E-state index is 0.0911. The maximum Gasteiger partial charge on any atom is 0.231 e. The second-order valence-electron chi connectivity index (χ2n) is 7.37. The Bertz CT molecular complexity index is 982. The smallest absolute Gasteiger partial charge is 0.231 e. The largest absolute Gasteiger partial charge is 0.497 e. The highest BCUT2D eigenvalue weighted by Gasteiger charge is 2.22. The predicted molar refractivity (Wildman–Crippen MR) is 117 cm³/mol. The van der Waals surface area contributed by atoms with Gasteiger partial charge in [0.2, 0.25) is 5.91 Å². The SMILES string of the molecule is COc1ccc(-c2nnc(SCC(=O)N[C@@H](C)c3ccco3)n2C[C@H]2CCCO2)cc1. The first kappa shape index (κ1) is 21.5. The van der Waals surface area contributed by atoms with Crippen LogP contribution in [0.5, 0.6) is 5.75 Å². The average Bonchev–Trinajstić information content (AvgIpc) is 3.55. The van der Waals surface area contributed by atoms with Gasteiger partial charge in [0, 0.05) is 12.2 Å². The van der Waals surface area contributed by atoms with Crippen LogP contribution in [0.25, 0.3) is 11.4 Å². The molecule has 0 saturated carbocycles. The van der Waals surface area contributed by atoms with Gasteiger partial charge in [0.25, 0.3) is 0 Å². The minimum Gasteiger partial charge on any atom is -0.497 e. The van der Waals surface area contributed by atoms with E-state index in [0.717, 1.165) is 42.3 Å². The van der Waals surface area contributed by atoms with E-state index in [1.165, 1.54) is 11.8 Å². The van der Waals surface area contributed by atoms with E-state index in [9.17, 15) is 4.79 Å². The second-order valence-corrected chi connectivity index (χ2v) is 8.32. The van der Waals surface area contributed by atoms with Gasteiger partial charge in [-0.15, -0.1) is 10.2 Å². The number of thioether (sulfide) groups is 1. The molecule has 1 amide bonds. The Morgan fingerprint density at radius 1 is 1.32 bits per heavy atom. The van der Waals surface area contributed by atoms with Gasteiger partial charge in [-0.3, -0.25) is 9.36 Å². The number of rotatable bonds is 9. The summed E-state index contributed by atoms with van der Waals surface area (Å²) in [7, 11) is 1.64. The highest BCUT2D eigenvalue weighted by molar-refractivity contribution is 7.99. The number of methoxy groups -OCH3 is 1. The number of carbonyl (C=O) groups is 1. The molecule has 31 heavy (non-hydrogen) atoms. The standard InChI is InChI=1S/C22H26N4O4S/c1-15(19-6-4-12-30-19)23-20(27)14-31-22-25-24-21(16-7-9-17(28-2)10-8-16)26(22)13-18-5-3-11-29-18/h4,6-10,12,15,18H,3,5,11,13-14H2,1-2H3,(H,23,27)/t15-,18+/m0/s1. The zero-order chi connectivity index (χ0) is 21.6. The van der Waals surface area contributed by atoms with Crippen molar-refractivity contribution >= 4 is 17.7 Å². The number of amides is 1. The summed E-state index contributed by atoms with van der Waals surface area (Å²) in [6.07, 6.45) is 3.78. The first-order valence-corrected chi connectivity index (χ1v) is 11.3. The molecule has 0 radical (unpaired) electrons. The van der Waals surface area contributed by atoms with Gasteiger partial charge in [0.05, 0.1) is 37.8 Å². The molecule has 0 unspecified atom stereocenters. The summed E-state index contributed by atoms with van der Waals surface area (Å²) >= 11 is 1.37. The second kappa shape index (κ2) is 10.0. The van der Waals surface area contributed by atoms with Crippen molar-refractivity contribution in [3.05, 3.63) is 48.4 Å². The number of carbonyl (C=O) groups excluding carboxylic acids is 1. The van der Waals surface area contributed by atoms with Crippen LogP contribution in [0.4, 0.5) is 0 Å². The lowest BCUT2D eigenvalue weighted by atomic mass is 10.2. The molecule has 3 heterocycles. The third kappa shape index (κ3) is 5.29. The number of furan rings is 1. The molecule has 9 heteroatoms. The Morgan fingerprint density at radius 2 is 2.16 bits per heavy atom. The summed E-state index contributed by atoms with van der Waals surface area (Å²) in [4.78, 5) is 12.5. The topological polar surface area (TPSA) is 91.4 Å². The van der Waals surface area contributed by atoms with Crippen LogP contribution >= 0.6 is 11.8 Å². The Balaban J connectivity index is 1.48. The van der Waals surface area contributed by atoms with Crippen molar-refractivity contribution in [2.24, 2.45) is 0 Å². The van der Waals surface area contributed by atoms with Gasteiger partial charge in [0.15, 0.2) is 11.0 Å². The van der Waals surface area contributed by atoms with Crippen LogP contribution < -0.4 is 10.1 Å². The molecular weight excluding hydrogens is 416 g/mol. The van der Waals surface area contributed by atoms with Crippen molar-refractivity contribution in [1.29, 1.82) is 0 Å². The zero-order valence-corrected chi connectivity index (χ0v) is 18.4. The van der Waals surface area contributed by atoms with E-state index >= 15 is 0 Å². The lowest BCUT2D eigenvalue weighted by molar-refractivity contribution is -0.119. The Labute approximate surface area is 185 Å². The molecule has 8 nitrogen and oxygen atoms in total. The third-order valence-corrected chi connectivity index (χ3v) is 6.12. The molecule has 4 rings (SSSR count). The molecule has 0 aliphatic carbocycles. The molecule has 2 aromatic heterocycles. The molecule has 2 atom stereocenters. The van der Waals surface area contributed by atoms with Crippen molar-refractivity contribution in [2.75, 3.05) is 19.5 Å².